The van der Waals surface area contributed by atoms with Crippen molar-refractivity contribution in [2.45, 2.75) is 27.2 Å². The van der Waals surface area contributed by atoms with E-state index in [1.807, 2.05) is 0 Å². The van der Waals surface area contributed by atoms with Crippen LogP contribution in [0.5, 0.6) is 0 Å². The summed E-state index contributed by atoms with van der Waals surface area (Å²) in [7, 11) is 0. The van der Waals surface area contributed by atoms with Crippen LogP contribution in [0.2, 0.25) is 0 Å². The average Bonchev–Trinajstić information content (AvgIpc) is 2.88. The van der Waals surface area contributed by atoms with E-state index < -0.39 is 0 Å². The lowest BCUT2D eigenvalue weighted by Crippen LogP contribution is -3.16. The lowest BCUT2D eigenvalue weighted by Gasteiger charge is -2.32. The molecule has 1 amide bonds. The molecule has 130 valence electrons. The summed E-state index contributed by atoms with van der Waals surface area (Å²) in [5.41, 5.74) is 1.29. The number of aryl methyl sites for hydroxylation is 2. The first-order valence-electron chi connectivity index (χ1n) is 8.66. The highest BCUT2D eigenvalue weighted by atomic mass is 32.1. The second-order valence-electron chi connectivity index (χ2n) is 6.42. The number of nitrogens with zero attached hydrogens (tertiary/aromatic N) is 3. The molecule has 3 rings (SSSR count). The van der Waals surface area contributed by atoms with Crippen LogP contribution in [0.25, 0.3) is 10.2 Å². The zero-order valence-corrected chi connectivity index (χ0v) is 15.5. The topological polar surface area (TPSA) is 62.6 Å². The third-order valence-corrected chi connectivity index (χ3v) is 5.81. The van der Waals surface area contributed by atoms with E-state index in [9.17, 15) is 4.79 Å². The average molecular weight is 348 g/mol. The summed E-state index contributed by atoms with van der Waals surface area (Å²) in [6.07, 6.45) is 2.66. The molecule has 0 saturated carbocycles. The van der Waals surface area contributed by atoms with Crippen molar-refractivity contribution in [3.63, 3.8) is 0 Å². The summed E-state index contributed by atoms with van der Waals surface area (Å²) >= 11 is 1.74. The lowest BCUT2D eigenvalue weighted by atomic mass is 10.2. The molecule has 0 bridgehead atoms. The van der Waals surface area contributed by atoms with Crippen LogP contribution in [0.1, 0.15) is 23.8 Å². The van der Waals surface area contributed by atoms with Gasteiger partial charge in [0.2, 0.25) is 0 Å². The van der Waals surface area contributed by atoms with Gasteiger partial charge < -0.3 is 15.1 Å². The van der Waals surface area contributed by atoms with E-state index in [-0.39, 0.29) is 5.91 Å². The first-order valence-corrected chi connectivity index (χ1v) is 9.47. The highest BCUT2D eigenvalue weighted by Crippen LogP contribution is 2.34. The molecule has 0 spiro atoms. The molecule has 2 aromatic heterocycles. The number of quaternary nitrogens is 1. The Balaban J connectivity index is 1.66. The van der Waals surface area contributed by atoms with Crippen molar-refractivity contribution < 1.29 is 9.69 Å². The van der Waals surface area contributed by atoms with E-state index in [1.54, 1.807) is 17.7 Å². The van der Waals surface area contributed by atoms with E-state index >= 15 is 0 Å². The van der Waals surface area contributed by atoms with Gasteiger partial charge in [-0.05, 0) is 25.8 Å². The van der Waals surface area contributed by atoms with Gasteiger partial charge in [-0.1, -0.05) is 6.92 Å². The fourth-order valence-corrected chi connectivity index (χ4v) is 4.16. The summed E-state index contributed by atoms with van der Waals surface area (Å²) in [5, 5.41) is 4.16. The second kappa shape index (κ2) is 7.44. The maximum absolute atomic E-state index is 11.9. The van der Waals surface area contributed by atoms with Crippen LogP contribution < -0.4 is 15.1 Å². The Labute approximate surface area is 146 Å². The Morgan fingerprint density at radius 2 is 2.08 bits per heavy atom. The first kappa shape index (κ1) is 17.1. The van der Waals surface area contributed by atoms with Crippen molar-refractivity contribution in [2.24, 2.45) is 0 Å². The normalized spacial score (nSPS) is 15.9. The van der Waals surface area contributed by atoms with Crippen molar-refractivity contribution in [3.8, 4) is 0 Å². The molecule has 0 aliphatic carbocycles. The number of piperazine rings is 1. The van der Waals surface area contributed by atoms with Crippen LogP contribution in [-0.4, -0.2) is 55.1 Å². The van der Waals surface area contributed by atoms with Crippen molar-refractivity contribution in [1.82, 2.24) is 15.3 Å². The molecular weight excluding hydrogens is 322 g/mol. The fraction of sp³-hybridized carbons (Fsp3) is 0.588. The quantitative estimate of drug-likeness (QED) is 0.828. The molecule has 2 N–H and O–H groups in total. The highest BCUT2D eigenvalue weighted by Gasteiger charge is 2.25. The van der Waals surface area contributed by atoms with Crippen molar-refractivity contribution in [1.29, 1.82) is 0 Å². The van der Waals surface area contributed by atoms with Crippen LogP contribution >= 0.6 is 11.3 Å². The minimum Gasteiger partial charge on any atom is -0.351 e. The van der Waals surface area contributed by atoms with E-state index in [0.29, 0.717) is 6.54 Å². The van der Waals surface area contributed by atoms with Gasteiger partial charge in [0.05, 0.1) is 31.6 Å². The summed E-state index contributed by atoms with van der Waals surface area (Å²) in [5.74, 6) is 1.21. The van der Waals surface area contributed by atoms with Gasteiger partial charge in [-0.15, -0.1) is 11.3 Å². The molecular formula is C17H26N5OS+. The number of aromatic nitrogens is 2. The van der Waals surface area contributed by atoms with Crippen molar-refractivity contribution >= 4 is 33.3 Å². The van der Waals surface area contributed by atoms with E-state index in [4.69, 9.17) is 0 Å². The minimum absolute atomic E-state index is 0.161. The maximum atomic E-state index is 11.9. The summed E-state index contributed by atoms with van der Waals surface area (Å²) < 4.78 is 0. The number of carbonyl (C=O) groups excluding carboxylic acids is 1. The van der Waals surface area contributed by atoms with Gasteiger partial charge in [0.15, 0.2) is 6.54 Å². The van der Waals surface area contributed by atoms with Gasteiger partial charge in [-0.25, -0.2) is 9.97 Å². The van der Waals surface area contributed by atoms with Gasteiger partial charge in [0.1, 0.15) is 17.0 Å². The number of amides is 1. The zero-order valence-electron chi connectivity index (χ0n) is 14.7. The minimum atomic E-state index is 0.161. The summed E-state index contributed by atoms with van der Waals surface area (Å²) in [6, 6.07) is 0. The Morgan fingerprint density at radius 3 is 2.79 bits per heavy atom. The number of fused-ring (bicyclic) bond motifs is 1. The molecule has 3 heterocycles. The van der Waals surface area contributed by atoms with E-state index in [0.717, 1.165) is 49.8 Å². The molecule has 1 aliphatic rings. The van der Waals surface area contributed by atoms with Crippen LogP contribution in [0.3, 0.4) is 0 Å². The van der Waals surface area contributed by atoms with Crippen molar-refractivity contribution in [3.05, 3.63) is 16.8 Å². The van der Waals surface area contributed by atoms with E-state index in [2.05, 4.69) is 41.0 Å². The molecule has 7 heteroatoms. The third-order valence-electron chi connectivity index (χ3n) is 4.70. The molecule has 1 aliphatic heterocycles. The Morgan fingerprint density at radius 1 is 1.33 bits per heavy atom. The second-order valence-corrected chi connectivity index (χ2v) is 7.63. The number of thiophene rings is 1. The number of rotatable bonds is 5. The van der Waals surface area contributed by atoms with E-state index in [1.165, 1.54) is 20.7 Å². The van der Waals surface area contributed by atoms with Crippen LogP contribution in [0.4, 0.5) is 5.82 Å². The van der Waals surface area contributed by atoms with Crippen LogP contribution in [0, 0.1) is 13.8 Å². The molecule has 24 heavy (non-hydrogen) atoms. The monoisotopic (exact) mass is 348 g/mol. The van der Waals surface area contributed by atoms with Gasteiger partial charge in [-0.3, -0.25) is 4.79 Å². The number of hydrogen-bond acceptors (Lipinski definition) is 5. The maximum Gasteiger partial charge on any atom is 0.275 e. The molecule has 0 aromatic carbocycles. The smallest absolute Gasteiger partial charge is 0.275 e. The molecule has 0 radical (unpaired) electrons. The number of anilines is 1. The molecule has 6 nitrogen and oxygen atoms in total. The number of carbonyl (C=O) groups is 1. The fourth-order valence-electron chi connectivity index (χ4n) is 3.17. The molecule has 2 aromatic rings. The standard InChI is InChI=1S/C17H25N5OS/c1-4-5-18-14(23)10-21-6-8-22(9-7-21)16-15-12(2)13(3)24-17(15)20-11-19-16/h11H,4-10H2,1-3H3,(H,18,23)/p+1. The summed E-state index contributed by atoms with van der Waals surface area (Å²) in [6.45, 7) is 11.5. The lowest BCUT2D eigenvalue weighted by molar-refractivity contribution is -0.892. The third kappa shape index (κ3) is 3.52. The molecule has 0 unspecified atom stereocenters. The SMILES string of the molecule is CCCNC(=O)C[NH+]1CCN(c2ncnc3sc(C)c(C)c23)CC1. The predicted molar refractivity (Wildman–Crippen MR) is 98.0 cm³/mol. The largest absolute Gasteiger partial charge is 0.351 e. The number of hydrogen-bond donors (Lipinski definition) is 2. The molecule has 1 saturated heterocycles. The van der Waals surface area contributed by atoms with Gasteiger partial charge in [0, 0.05) is 11.4 Å². The van der Waals surface area contributed by atoms with Crippen LogP contribution in [0.15, 0.2) is 6.33 Å². The van der Waals surface area contributed by atoms with Crippen molar-refractivity contribution in [2.75, 3.05) is 44.2 Å². The zero-order chi connectivity index (χ0) is 17.1. The number of nitrogens with one attached hydrogen (secondary N) is 2. The van der Waals surface area contributed by atoms with Gasteiger partial charge in [0.25, 0.3) is 5.91 Å². The van der Waals surface area contributed by atoms with Gasteiger partial charge in [-0.2, -0.15) is 0 Å². The van der Waals surface area contributed by atoms with Crippen LogP contribution in [-0.2, 0) is 4.79 Å². The Bertz CT molecular complexity index is 721. The molecule has 0 atom stereocenters. The molecule has 1 fully saturated rings. The first-order chi connectivity index (χ1) is 11.6. The highest BCUT2D eigenvalue weighted by molar-refractivity contribution is 7.18. The summed E-state index contributed by atoms with van der Waals surface area (Å²) in [4.78, 5) is 26.9. The van der Waals surface area contributed by atoms with Gasteiger partial charge >= 0.3 is 0 Å². The Kier molecular flexibility index (Phi) is 5.30. The predicted octanol–water partition coefficient (Wildman–Crippen LogP) is 0.539. The Hall–Kier alpha value is -1.73.